The maximum atomic E-state index is 6.43. The quantitative estimate of drug-likeness (QED) is 0.423. The Labute approximate surface area is 149 Å². The van der Waals surface area contributed by atoms with Gasteiger partial charge in [0.05, 0.1) is 5.50 Å². The third-order valence-corrected chi connectivity index (χ3v) is 5.48. The van der Waals surface area contributed by atoms with Gasteiger partial charge < -0.3 is 4.74 Å². The Hall–Kier alpha value is -2.48. The molecule has 3 aromatic carbocycles. The Morgan fingerprint density at radius 1 is 1.00 bits per heavy atom. The predicted octanol–water partition coefficient (Wildman–Crippen LogP) is 4.78. The second-order valence-electron chi connectivity index (χ2n) is 8.02. The van der Waals surface area contributed by atoms with Crippen molar-refractivity contribution in [3.8, 4) is 16.9 Å². The van der Waals surface area contributed by atoms with Crippen molar-refractivity contribution in [3.63, 3.8) is 0 Å². The maximum absolute atomic E-state index is 6.43. The average Bonchev–Trinajstić information content (AvgIpc) is 2.92. The molecule has 122 valence electrons. The summed E-state index contributed by atoms with van der Waals surface area (Å²) in [5.41, 5.74) is 9.26. The lowest BCUT2D eigenvalue weighted by Crippen LogP contribution is -2.32. The first-order valence-electron chi connectivity index (χ1n) is 9.00. The van der Waals surface area contributed by atoms with E-state index < -0.39 is 0 Å². The Bertz CT molecular complexity index is 1090. The van der Waals surface area contributed by atoms with Crippen molar-refractivity contribution in [1.29, 1.82) is 0 Å². The standard InChI is InChI=1S/C23H21BO/c1-13-4-6-15-12-20-17-8-9-23(3,24)25-22(17)16-7-5-14(2)11-19(16)21(20)18(15)10-13/h4-11H,12,24H2,1-3H3. The lowest BCUT2D eigenvalue weighted by atomic mass is 9.80. The number of ether oxygens (including phenoxy) is 1. The van der Waals surface area contributed by atoms with E-state index in [4.69, 9.17) is 4.74 Å². The molecule has 0 saturated heterocycles. The number of fused-ring (bicyclic) bond motifs is 8. The van der Waals surface area contributed by atoms with Crippen LogP contribution in [0, 0.1) is 13.8 Å². The van der Waals surface area contributed by atoms with Gasteiger partial charge in [0.2, 0.25) is 0 Å². The molecule has 1 unspecified atom stereocenters. The molecule has 2 heteroatoms. The van der Waals surface area contributed by atoms with Crippen molar-refractivity contribution in [2.45, 2.75) is 32.7 Å². The van der Waals surface area contributed by atoms with Crippen LogP contribution in [-0.4, -0.2) is 13.3 Å². The molecule has 1 atom stereocenters. The van der Waals surface area contributed by atoms with Gasteiger partial charge in [-0.1, -0.05) is 53.6 Å². The molecule has 1 heterocycles. The van der Waals surface area contributed by atoms with E-state index in [0.717, 1.165) is 12.2 Å². The van der Waals surface area contributed by atoms with E-state index in [1.807, 2.05) is 0 Å². The van der Waals surface area contributed by atoms with E-state index >= 15 is 0 Å². The van der Waals surface area contributed by atoms with Gasteiger partial charge in [-0.2, -0.15) is 0 Å². The van der Waals surface area contributed by atoms with Crippen molar-refractivity contribution in [3.05, 3.63) is 70.3 Å². The summed E-state index contributed by atoms with van der Waals surface area (Å²) in [6.45, 7) is 6.47. The summed E-state index contributed by atoms with van der Waals surface area (Å²) in [6.07, 6.45) is 5.45. The highest BCUT2D eigenvalue weighted by molar-refractivity contribution is 6.17. The van der Waals surface area contributed by atoms with Crippen LogP contribution >= 0.6 is 0 Å². The zero-order valence-electron chi connectivity index (χ0n) is 15.2. The van der Waals surface area contributed by atoms with Crippen molar-refractivity contribution in [2.24, 2.45) is 0 Å². The third-order valence-electron chi connectivity index (χ3n) is 5.48. The molecule has 1 nitrogen and oxygen atoms in total. The summed E-state index contributed by atoms with van der Waals surface area (Å²) in [5.74, 6) is 1.05. The first-order valence-corrected chi connectivity index (χ1v) is 9.00. The lowest BCUT2D eigenvalue weighted by Gasteiger charge is -2.31. The minimum Gasteiger partial charge on any atom is -0.492 e. The monoisotopic (exact) mass is 324 g/mol. The molecule has 1 aliphatic carbocycles. The highest BCUT2D eigenvalue weighted by Gasteiger charge is 2.31. The van der Waals surface area contributed by atoms with Crippen molar-refractivity contribution < 1.29 is 4.74 Å². The van der Waals surface area contributed by atoms with Gasteiger partial charge in [0, 0.05) is 10.9 Å². The van der Waals surface area contributed by atoms with Crippen LogP contribution in [0.25, 0.3) is 28.0 Å². The number of aryl methyl sites for hydroxylation is 2. The van der Waals surface area contributed by atoms with E-state index in [1.165, 1.54) is 49.7 Å². The zero-order valence-corrected chi connectivity index (χ0v) is 15.2. The van der Waals surface area contributed by atoms with Crippen molar-refractivity contribution in [2.75, 3.05) is 0 Å². The van der Waals surface area contributed by atoms with E-state index in [9.17, 15) is 0 Å². The summed E-state index contributed by atoms with van der Waals surface area (Å²) < 4.78 is 6.43. The molecule has 0 saturated carbocycles. The molecule has 3 aromatic rings. The predicted molar refractivity (Wildman–Crippen MR) is 108 cm³/mol. The minimum absolute atomic E-state index is 0.263. The third kappa shape index (κ3) is 2.10. The fourth-order valence-electron chi connectivity index (χ4n) is 4.27. The number of hydrogen-bond acceptors (Lipinski definition) is 1. The highest BCUT2D eigenvalue weighted by Crippen LogP contribution is 2.50. The second kappa shape index (κ2) is 4.79. The molecule has 25 heavy (non-hydrogen) atoms. The van der Waals surface area contributed by atoms with E-state index in [2.05, 4.69) is 77.2 Å². The Balaban J connectivity index is 1.94. The number of benzene rings is 3. The van der Waals surface area contributed by atoms with E-state index in [1.54, 1.807) is 0 Å². The molecule has 1 aliphatic heterocycles. The van der Waals surface area contributed by atoms with Gasteiger partial charge in [-0.3, -0.25) is 0 Å². The smallest absolute Gasteiger partial charge is 0.163 e. The summed E-state index contributed by atoms with van der Waals surface area (Å²) in [7, 11) is 2.12. The van der Waals surface area contributed by atoms with Crippen LogP contribution < -0.4 is 4.74 Å². The minimum atomic E-state index is -0.263. The molecule has 0 spiro atoms. The lowest BCUT2D eigenvalue weighted by molar-refractivity contribution is 0.227. The maximum Gasteiger partial charge on any atom is 0.163 e. The van der Waals surface area contributed by atoms with Gasteiger partial charge in [0.15, 0.2) is 7.85 Å². The molecule has 0 amide bonds. The number of hydrogen-bond donors (Lipinski definition) is 0. The summed E-state index contributed by atoms with van der Waals surface area (Å²) in [6, 6.07) is 13.6. The van der Waals surface area contributed by atoms with Gasteiger partial charge >= 0.3 is 0 Å². The van der Waals surface area contributed by atoms with E-state index in [0.29, 0.717) is 0 Å². The summed E-state index contributed by atoms with van der Waals surface area (Å²) >= 11 is 0. The van der Waals surface area contributed by atoms with Gasteiger partial charge in [-0.15, -0.1) is 0 Å². The van der Waals surface area contributed by atoms with Crippen LogP contribution in [-0.2, 0) is 6.42 Å². The van der Waals surface area contributed by atoms with E-state index in [-0.39, 0.29) is 5.50 Å². The van der Waals surface area contributed by atoms with Gasteiger partial charge in [-0.25, -0.2) is 0 Å². The van der Waals surface area contributed by atoms with Gasteiger partial charge in [0.1, 0.15) is 5.75 Å². The number of rotatable bonds is 0. The van der Waals surface area contributed by atoms with Gasteiger partial charge in [-0.05, 0) is 60.9 Å². The molecule has 5 rings (SSSR count). The fraction of sp³-hybridized carbons (Fsp3) is 0.217. The molecule has 2 aliphatic rings. The van der Waals surface area contributed by atoms with Crippen LogP contribution in [0.3, 0.4) is 0 Å². The fourth-order valence-corrected chi connectivity index (χ4v) is 4.27. The normalized spacial score (nSPS) is 20.1. The molecule has 0 bridgehead atoms. The average molecular weight is 324 g/mol. The second-order valence-corrected chi connectivity index (χ2v) is 8.02. The Kier molecular flexibility index (Phi) is 2.84. The largest absolute Gasteiger partial charge is 0.492 e. The van der Waals surface area contributed by atoms with Crippen molar-refractivity contribution in [1.82, 2.24) is 0 Å². The first-order chi connectivity index (χ1) is 11.9. The summed E-state index contributed by atoms with van der Waals surface area (Å²) in [5, 5.41) is 2.55. The van der Waals surface area contributed by atoms with Gasteiger partial charge in [0.25, 0.3) is 0 Å². The first kappa shape index (κ1) is 14.8. The molecular formula is C23H21BO. The zero-order chi connectivity index (χ0) is 17.3. The van der Waals surface area contributed by atoms with Crippen LogP contribution in [0.4, 0.5) is 0 Å². The van der Waals surface area contributed by atoms with Crippen LogP contribution in [0.1, 0.15) is 34.7 Å². The SMILES string of the molecule is BC1(C)C=Cc2c3c(c4cc(C)ccc4c2O1)-c1cc(C)ccc1C3. The molecule has 0 aromatic heterocycles. The van der Waals surface area contributed by atoms with Crippen LogP contribution in [0.2, 0.25) is 0 Å². The van der Waals surface area contributed by atoms with Crippen molar-refractivity contribution >= 4 is 24.7 Å². The summed E-state index contributed by atoms with van der Waals surface area (Å²) in [4.78, 5) is 0. The Morgan fingerprint density at radius 2 is 1.76 bits per heavy atom. The molecule has 0 fully saturated rings. The van der Waals surface area contributed by atoms with Crippen LogP contribution in [0.5, 0.6) is 5.75 Å². The Morgan fingerprint density at radius 3 is 2.60 bits per heavy atom. The molecule has 0 radical (unpaired) electrons. The topological polar surface area (TPSA) is 9.23 Å². The highest BCUT2D eigenvalue weighted by atomic mass is 16.5. The molecule has 0 N–H and O–H groups in total. The van der Waals surface area contributed by atoms with Crippen LogP contribution in [0.15, 0.2) is 42.5 Å². The molecular weight excluding hydrogens is 303 g/mol.